The van der Waals surface area contributed by atoms with Crippen LogP contribution in [-0.2, 0) is 12.8 Å². The van der Waals surface area contributed by atoms with E-state index in [9.17, 15) is 0 Å². The van der Waals surface area contributed by atoms with Crippen LogP contribution in [-0.4, -0.2) is 6.04 Å². The maximum atomic E-state index is 7.10. The number of rotatable bonds is 9. The van der Waals surface area contributed by atoms with Crippen molar-refractivity contribution in [3.8, 4) is 33.4 Å². The van der Waals surface area contributed by atoms with Gasteiger partial charge in [0.25, 0.3) is 0 Å². The van der Waals surface area contributed by atoms with Crippen LogP contribution in [0.25, 0.3) is 44.3 Å². The van der Waals surface area contributed by atoms with Crippen LogP contribution in [0.1, 0.15) is 53.2 Å². The second kappa shape index (κ2) is 15.5. The third-order valence-electron chi connectivity index (χ3n) is 11.9. The summed E-state index contributed by atoms with van der Waals surface area (Å²) in [6.45, 7) is 0. The van der Waals surface area contributed by atoms with Gasteiger partial charge >= 0.3 is 0 Å². The summed E-state index contributed by atoms with van der Waals surface area (Å²) in [7, 11) is 0. The normalized spacial score (nSPS) is 15.5. The Balaban J connectivity index is 1.13. The Morgan fingerprint density at radius 3 is 1.74 bits per heavy atom. The van der Waals surface area contributed by atoms with Crippen molar-refractivity contribution >= 4 is 16.7 Å². The summed E-state index contributed by atoms with van der Waals surface area (Å²) in [4.78, 5) is 2.58. The van der Waals surface area contributed by atoms with Crippen LogP contribution >= 0.6 is 0 Å². The molecule has 2 nitrogen and oxygen atoms in total. The quantitative estimate of drug-likeness (QED) is 0.137. The Kier molecular flexibility index (Phi) is 9.46. The van der Waals surface area contributed by atoms with Crippen LogP contribution in [0.15, 0.2) is 210 Å². The SMILES string of the molecule is C1=CC(N(c2ccccc2)C2CCc3oc4c(C(c5ccc(-c6ccccc6)cc5)c5cc(-c6ccccc6)cc(-c6ccccc6)c5)cccc4c3C2)=CCC1. The van der Waals surface area contributed by atoms with Gasteiger partial charge in [0.1, 0.15) is 11.3 Å². The predicted molar refractivity (Wildman–Crippen MR) is 238 cm³/mol. The number of nitrogens with zero attached hydrogens (tertiary/aromatic N) is 1. The molecule has 0 saturated carbocycles. The molecular formula is C55H45NO. The summed E-state index contributed by atoms with van der Waals surface area (Å²) in [5, 5.41) is 1.24. The first-order valence-electron chi connectivity index (χ1n) is 20.4. The number of aryl methyl sites for hydroxylation is 1. The topological polar surface area (TPSA) is 16.4 Å². The van der Waals surface area contributed by atoms with Gasteiger partial charge in [0, 0.05) is 46.3 Å². The van der Waals surface area contributed by atoms with Gasteiger partial charge < -0.3 is 9.32 Å². The number of anilines is 1. The number of benzene rings is 7. The lowest BCUT2D eigenvalue weighted by Gasteiger charge is -2.37. The molecule has 2 aliphatic carbocycles. The molecule has 57 heavy (non-hydrogen) atoms. The van der Waals surface area contributed by atoms with Gasteiger partial charge in [-0.05, 0) is 94.5 Å². The average molecular weight is 736 g/mol. The minimum Gasteiger partial charge on any atom is -0.460 e. The Labute approximate surface area is 336 Å². The largest absolute Gasteiger partial charge is 0.460 e. The molecule has 10 rings (SSSR count). The molecule has 2 heteroatoms. The molecule has 0 spiro atoms. The minimum atomic E-state index is -0.0635. The van der Waals surface area contributed by atoms with Crippen LogP contribution < -0.4 is 4.90 Å². The highest BCUT2D eigenvalue weighted by Gasteiger charge is 2.32. The lowest BCUT2D eigenvalue weighted by molar-refractivity contribution is 0.467. The van der Waals surface area contributed by atoms with E-state index in [1.165, 1.54) is 72.4 Å². The highest BCUT2D eigenvalue weighted by Crippen LogP contribution is 2.44. The van der Waals surface area contributed by atoms with Crippen molar-refractivity contribution in [1.29, 1.82) is 0 Å². The number of fused-ring (bicyclic) bond motifs is 3. The molecule has 1 heterocycles. The molecule has 7 aromatic carbocycles. The van der Waals surface area contributed by atoms with Crippen molar-refractivity contribution < 1.29 is 4.42 Å². The Hall–Kier alpha value is -6.64. The number of hydrogen-bond acceptors (Lipinski definition) is 2. The highest BCUT2D eigenvalue weighted by atomic mass is 16.3. The lowest BCUT2D eigenvalue weighted by atomic mass is 9.81. The van der Waals surface area contributed by atoms with E-state index in [-0.39, 0.29) is 5.92 Å². The van der Waals surface area contributed by atoms with E-state index < -0.39 is 0 Å². The Morgan fingerprint density at radius 1 is 0.526 bits per heavy atom. The van der Waals surface area contributed by atoms with Crippen LogP contribution in [0.2, 0.25) is 0 Å². The smallest absolute Gasteiger partial charge is 0.138 e. The first-order chi connectivity index (χ1) is 28.3. The first kappa shape index (κ1) is 34.8. The number of para-hydroxylation sites is 2. The maximum absolute atomic E-state index is 7.10. The lowest BCUT2D eigenvalue weighted by Crippen LogP contribution is -2.38. The first-order valence-corrected chi connectivity index (χ1v) is 20.4. The van der Waals surface area contributed by atoms with E-state index in [4.69, 9.17) is 4.42 Å². The maximum Gasteiger partial charge on any atom is 0.138 e. The zero-order chi connectivity index (χ0) is 38.0. The fourth-order valence-electron chi connectivity index (χ4n) is 9.15. The van der Waals surface area contributed by atoms with Gasteiger partial charge in [0.2, 0.25) is 0 Å². The zero-order valence-electron chi connectivity index (χ0n) is 32.1. The van der Waals surface area contributed by atoms with Crippen LogP contribution in [0.3, 0.4) is 0 Å². The molecule has 0 aliphatic heterocycles. The zero-order valence-corrected chi connectivity index (χ0v) is 32.1. The summed E-state index contributed by atoms with van der Waals surface area (Å²) >= 11 is 0. The van der Waals surface area contributed by atoms with Crippen LogP contribution in [0, 0.1) is 0 Å². The summed E-state index contributed by atoms with van der Waals surface area (Å²) in [6, 6.07) is 66.7. The summed E-state index contributed by atoms with van der Waals surface area (Å²) in [5.41, 5.74) is 15.9. The van der Waals surface area contributed by atoms with Gasteiger partial charge in [0.15, 0.2) is 0 Å². The van der Waals surface area contributed by atoms with E-state index in [0.29, 0.717) is 6.04 Å². The van der Waals surface area contributed by atoms with Gasteiger partial charge in [-0.3, -0.25) is 0 Å². The van der Waals surface area contributed by atoms with E-state index in [2.05, 4.69) is 205 Å². The van der Waals surface area contributed by atoms with Gasteiger partial charge in [-0.2, -0.15) is 0 Å². The molecule has 2 aliphatic rings. The molecule has 0 fully saturated rings. The molecule has 0 radical (unpaired) electrons. The Morgan fingerprint density at radius 2 is 1.12 bits per heavy atom. The van der Waals surface area contributed by atoms with Crippen LogP contribution in [0.5, 0.6) is 0 Å². The van der Waals surface area contributed by atoms with Crippen LogP contribution in [0.4, 0.5) is 5.69 Å². The standard InChI is InChI=1S/C55H45NO/c1-6-17-39(18-7-1)42-29-31-43(32-30-42)54(46-36-44(40-19-8-2-9-20-40)35-45(37-46)41-21-10-3-11-22-41)51-28-16-27-50-52-38-49(33-34-53(52)57-55(50)51)56(47-23-12-4-13-24-47)48-25-14-5-15-26-48/h1-4,6-14,16-32,35-37,49,54H,5,15,33-34,38H2. The summed E-state index contributed by atoms with van der Waals surface area (Å²) < 4.78 is 7.10. The van der Waals surface area contributed by atoms with Gasteiger partial charge in [-0.15, -0.1) is 0 Å². The third kappa shape index (κ3) is 6.93. The summed E-state index contributed by atoms with van der Waals surface area (Å²) in [5.74, 6) is 1.07. The van der Waals surface area contributed by atoms with Crippen molar-refractivity contribution in [2.75, 3.05) is 4.90 Å². The van der Waals surface area contributed by atoms with Crippen molar-refractivity contribution in [3.05, 3.63) is 234 Å². The molecule has 0 bridgehead atoms. The second-order valence-corrected chi connectivity index (χ2v) is 15.4. The fraction of sp³-hybridized carbons (Fsp3) is 0.127. The Bertz CT molecular complexity index is 2630. The molecular weight excluding hydrogens is 691 g/mol. The number of allylic oxidation sites excluding steroid dienone is 3. The van der Waals surface area contributed by atoms with Gasteiger partial charge in [-0.1, -0.05) is 176 Å². The predicted octanol–water partition coefficient (Wildman–Crippen LogP) is 14.2. The van der Waals surface area contributed by atoms with E-state index in [0.717, 1.165) is 43.4 Å². The molecule has 2 atom stereocenters. The monoisotopic (exact) mass is 735 g/mol. The second-order valence-electron chi connectivity index (χ2n) is 15.4. The average Bonchev–Trinajstić information content (AvgIpc) is 3.67. The third-order valence-corrected chi connectivity index (χ3v) is 11.9. The van der Waals surface area contributed by atoms with Crippen molar-refractivity contribution in [2.24, 2.45) is 0 Å². The van der Waals surface area contributed by atoms with Crippen molar-refractivity contribution in [3.63, 3.8) is 0 Å². The van der Waals surface area contributed by atoms with Gasteiger partial charge in [-0.25, -0.2) is 0 Å². The fourth-order valence-corrected chi connectivity index (χ4v) is 9.15. The molecule has 2 unspecified atom stereocenters. The minimum absolute atomic E-state index is 0.0635. The molecule has 276 valence electrons. The summed E-state index contributed by atoms with van der Waals surface area (Å²) in [6.07, 6.45) is 12.1. The molecule has 8 aromatic rings. The molecule has 0 amide bonds. The van der Waals surface area contributed by atoms with Gasteiger partial charge in [0.05, 0.1) is 0 Å². The highest BCUT2D eigenvalue weighted by molar-refractivity contribution is 5.87. The van der Waals surface area contributed by atoms with E-state index in [1.807, 2.05) is 0 Å². The van der Waals surface area contributed by atoms with Crippen molar-refractivity contribution in [2.45, 2.75) is 44.1 Å². The van der Waals surface area contributed by atoms with E-state index >= 15 is 0 Å². The van der Waals surface area contributed by atoms with Crippen molar-refractivity contribution in [1.82, 2.24) is 0 Å². The van der Waals surface area contributed by atoms with E-state index in [1.54, 1.807) is 0 Å². The molecule has 1 aromatic heterocycles. The molecule has 0 saturated heterocycles. The number of hydrogen-bond donors (Lipinski definition) is 0. The molecule has 0 N–H and O–H groups in total. The number of furan rings is 1.